The van der Waals surface area contributed by atoms with Gasteiger partial charge >= 0.3 is 0 Å². The fraction of sp³-hybridized carbons (Fsp3) is 0.0769. The van der Waals surface area contributed by atoms with Gasteiger partial charge in [0.15, 0.2) is 0 Å². The lowest BCUT2D eigenvalue weighted by Crippen LogP contribution is -2.03. The van der Waals surface area contributed by atoms with Crippen molar-refractivity contribution < 1.29 is 0 Å². The summed E-state index contributed by atoms with van der Waals surface area (Å²) in [6, 6.07) is 8.53. The molecule has 0 radical (unpaired) electrons. The topological polar surface area (TPSA) is 89.8 Å². The van der Waals surface area contributed by atoms with Gasteiger partial charge in [-0.2, -0.15) is 20.7 Å². The second kappa shape index (κ2) is 5.87. The van der Waals surface area contributed by atoms with E-state index in [1.807, 2.05) is 13.1 Å². The Morgan fingerprint density at radius 3 is 2.75 bits per heavy atom. The van der Waals surface area contributed by atoms with E-state index in [0.717, 1.165) is 5.56 Å². The zero-order valence-electron chi connectivity index (χ0n) is 10.5. The average molecular weight is 285 g/mol. The average Bonchev–Trinajstić information content (AvgIpc) is 2.86. The van der Waals surface area contributed by atoms with E-state index in [1.165, 1.54) is 0 Å². The Kier molecular flexibility index (Phi) is 3.99. The number of anilines is 1. The van der Waals surface area contributed by atoms with Crippen molar-refractivity contribution in [3.8, 4) is 17.8 Å². The molecule has 0 aliphatic carbocycles. The molecule has 0 saturated heterocycles. The number of aromatic nitrogens is 2. The van der Waals surface area contributed by atoms with Gasteiger partial charge in [-0.15, -0.1) is 0 Å². The molecule has 0 bridgehead atoms. The molecule has 2 rings (SSSR count). The van der Waals surface area contributed by atoms with Crippen LogP contribution in [0.15, 0.2) is 35.7 Å². The normalized spacial score (nSPS) is 9.40. The van der Waals surface area contributed by atoms with Gasteiger partial charge in [-0.25, -0.2) is 4.68 Å². The number of halogens is 1. The highest BCUT2D eigenvalue weighted by molar-refractivity contribution is 6.33. The van der Waals surface area contributed by atoms with Crippen molar-refractivity contribution in [3.63, 3.8) is 0 Å². The minimum absolute atomic E-state index is 0.271. The Morgan fingerprint density at radius 1 is 1.40 bits per heavy atom. The molecule has 0 aliphatic heterocycles. The lowest BCUT2D eigenvalue weighted by atomic mass is 10.2. The van der Waals surface area contributed by atoms with E-state index >= 15 is 0 Å². The van der Waals surface area contributed by atoms with Crippen LogP contribution >= 0.6 is 11.6 Å². The summed E-state index contributed by atoms with van der Waals surface area (Å²) >= 11 is 6.18. The molecular weight excluding hydrogens is 276 g/mol. The van der Waals surface area contributed by atoms with Crippen molar-refractivity contribution in [2.24, 2.45) is 5.10 Å². The molecule has 0 spiro atoms. The molecule has 98 valence electrons. The summed E-state index contributed by atoms with van der Waals surface area (Å²) in [5.74, 6) is 0. The maximum absolute atomic E-state index is 8.66. The molecule has 2 aromatic rings. The Hall–Kier alpha value is -2.83. The minimum Gasteiger partial charge on any atom is -0.274 e. The van der Waals surface area contributed by atoms with Crippen LogP contribution in [-0.2, 0) is 0 Å². The summed E-state index contributed by atoms with van der Waals surface area (Å²) in [6.07, 6.45) is 3.51. The van der Waals surface area contributed by atoms with E-state index < -0.39 is 0 Å². The van der Waals surface area contributed by atoms with Gasteiger partial charge in [0, 0.05) is 6.20 Å². The SMILES string of the molecule is Cc1cnn(-c2c(Cl)cccc2NN=C(C#N)C#N)c1. The molecule has 1 N–H and O–H groups in total. The zero-order valence-corrected chi connectivity index (χ0v) is 11.3. The first-order valence-electron chi connectivity index (χ1n) is 5.59. The number of nitrogens with one attached hydrogen (secondary N) is 1. The summed E-state index contributed by atoms with van der Waals surface area (Å²) in [6.45, 7) is 1.91. The van der Waals surface area contributed by atoms with Gasteiger partial charge in [0.05, 0.1) is 16.9 Å². The molecular formula is C13H9ClN6. The molecule has 1 aromatic carbocycles. The second-order valence-corrected chi connectivity index (χ2v) is 4.30. The van der Waals surface area contributed by atoms with Gasteiger partial charge in [-0.3, -0.25) is 5.43 Å². The lowest BCUT2D eigenvalue weighted by Gasteiger charge is -2.10. The first-order valence-corrected chi connectivity index (χ1v) is 5.97. The van der Waals surface area contributed by atoms with Crippen LogP contribution in [-0.4, -0.2) is 15.5 Å². The highest BCUT2D eigenvalue weighted by Gasteiger charge is 2.10. The van der Waals surface area contributed by atoms with Crippen LogP contribution in [0.4, 0.5) is 5.69 Å². The van der Waals surface area contributed by atoms with Gasteiger partial charge in [0.2, 0.25) is 5.71 Å². The van der Waals surface area contributed by atoms with Crippen molar-refractivity contribution >= 4 is 23.0 Å². The van der Waals surface area contributed by atoms with Crippen molar-refractivity contribution in [1.82, 2.24) is 9.78 Å². The highest BCUT2D eigenvalue weighted by atomic mass is 35.5. The van der Waals surface area contributed by atoms with E-state index in [1.54, 1.807) is 41.2 Å². The first-order chi connectivity index (χ1) is 9.65. The number of para-hydroxylation sites is 1. The number of aryl methyl sites for hydroxylation is 1. The van der Waals surface area contributed by atoms with Crippen LogP contribution in [0.2, 0.25) is 5.02 Å². The van der Waals surface area contributed by atoms with Gasteiger partial charge in [0.25, 0.3) is 0 Å². The van der Waals surface area contributed by atoms with E-state index in [-0.39, 0.29) is 5.71 Å². The molecule has 0 saturated carbocycles. The third-order valence-electron chi connectivity index (χ3n) is 2.43. The standard InChI is InChI=1S/C13H9ClN6/c1-9-7-17-20(8-9)13-11(14)3-2-4-12(13)19-18-10(5-15)6-16/h2-4,7-8,19H,1H3. The maximum atomic E-state index is 8.66. The van der Waals surface area contributed by atoms with Gasteiger partial charge in [0.1, 0.15) is 17.8 Å². The third-order valence-corrected chi connectivity index (χ3v) is 2.73. The van der Waals surface area contributed by atoms with Crippen LogP contribution in [0.1, 0.15) is 5.56 Å². The molecule has 0 atom stereocenters. The van der Waals surface area contributed by atoms with Crippen molar-refractivity contribution in [2.45, 2.75) is 6.92 Å². The van der Waals surface area contributed by atoms with Gasteiger partial charge in [-0.1, -0.05) is 17.7 Å². The number of nitriles is 2. The quantitative estimate of drug-likeness (QED) is 0.693. The molecule has 0 aliphatic rings. The second-order valence-electron chi connectivity index (χ2n) is 3.89. The Labute approximate surface area is 120 Å². The van der Waals surface area contributed by atoms with Crippen LogP contribution in [0, 0.1) is 29.6 Å². The van der Waals surface area contributed by atoms with Crippen LogP contribution in [0.3, 0.4) is 0 Å². The summed E-state index contributed by atoms with van der Waals surface area (Å²) in [4.78, 5) is 0. The van der Waals surface area contributed by atoms with Crippen molar-refractivity contribution in [3.05, 3.63) is 41.2 Å². The molecule has 20 heavy (non-hydrogen) atoms. The maximum Gasteiger partial charge on any atom is 0.237 e. The Bertz CT molecular complexity index is 731. The molecule has 0 unspecified atom stereocenters. The smallest absolute Gasteiger partial charge is 0.237 e. The number of hydrogen-bond acceptors (Lipinski definition) is 5. The van der Waals surface area contributed by atoms with E-state index in [0.29, 0.717) is 16.4 Å². The third kappa shape index (κ3) is 2.77. The van der Waals surface area contributed by atoms with Crippen LogP contribution in [0.5, 0.6) is 0 Å². The van der Waals surface area contributed by atoms with E-state index in [4.69, 9.17) is 22.1 Å². The number of hydrazone groups is 1. The summed E-state index contributed by atoms with van der Waals surface area (Å²) in [5.41, 5.74) is 4.51. The predicted molar refractivity (Wildman–Crippen MR) is 75.6 cm³/mol. The molecule has 0 amide bonds. The lowest BCUT2D eigenvalue weighted by molar-refractivity contribution is 0.880. The molecule has 1 heterocycles. The van der Waals surface area contributed by atoms with Crippen molar-refractivity contribution in [2.75, 3.05) is 5.43 Å². The monoisotopic (exact) mass is 284 g/mol. The Balaban J connectivity index is 2.46. The number of rotatable bonds is 3. The molecule has 1 aromatic heterocycles. The zero-order chi connectivity index (χ0) is 14.5. The van der Waals surface area contributed by atoms with Crippen LogP contribution in [0.25, 0.3) is 5.69 Å². The Morgan fingerprint density at radius 2 is 2.15 bits per heavy atom. The van der Waals surface area contributed by atoms with Crippen molar-refractivity contribution in [1.29, 1.82) is 10.5 Å². The van der Waals surface area contributed by atoms with Gasteiger partial charge in [-0.05, 0) is 24.6 Å². The molecule has 6 nitrogen and oxygen atoms in total. The minimum atomic E-state index is -0.271. The first kappa shape index (κ1) is 13.6. The largest absolute Gasteiger partial charge is 0.274 e. The molecule has 0 fully saturated rings. The summed E-state index contributed by atoms with van der Waals surface area (Å²) in [5, 5.41) is 25.7. The van der Waals surface area contributed by atoms with E-state index in [9.17, 15) is 0 Å². The molecule has 7 heteroatoms. The predicted octanol–water partition coefficient (Wildman–Crippen LogP) is 2.65. The number of benzene rings is 1. The summed E-state index contributed by atoms with van der Waals surface area (Å²) in [7, 11) is 0. The van der Waals surface area contributed by atoms with Gasteiger partial charge < -0.3 is 0 Å². The number of hydrogen-bond donors (Lipinski definition) is 1. The summed E-state index contributed by atoms with van der Waals surface area (Å²) < 4.78 is 1.61. The number of nitrogens with zero attached hydrogens (tertiary/aromatic N) is 5. The highest BCUT2D eigenvalue weighted by Crippen LogP contribution is 2.28. The van der Waals surface area contributed by atoms with Crippen LogP contribution < -0.4 is 5.43 Å². The fourth-order valence-corrected chi connectivity index (χ4v) is 1.83. The fourth-order valence-electron chi connectivity index (χ4n) is 1.56. The van der Waals surface area contributed by atoms with E-state index in [2.05, 4.69) is 15.6 Å².